The van der Waals surface area contributed by atoms with Crippen molar-refractivity contribution in [2.75, 3.05) is 14.2 Å². The second-order valence-electron chi connectivity index (χ2n) is 11.0. The number of benzene rings is 2. The van der Waals surface area contributed by atoms with E-state index in [0.717, 1.165) is 34.1 Å². The van der Waals surface area contributed by atoms with E-state index >= 15 is 26.3 Å². The zero-order valence-corrected chi connectivity index (χ0v) is 26.4. The largest absolute Gasteiger partial charge is 0.496 e. The van der Waals surface area contributed by atoms with Gasteiger partial charge in [0.25, 0.3) is 0 Å². The molecule has 2 aromatic heterocycles. The zero-order chi connectivity index (χ0) is 33.1. The Hall–Kier alpha value is -4.42. The first kappa shape index (κ1) is 31.2. The molecule has 2 aromatic carbocycles. The van der Waals surface area contributed by atoms with Crippen molar-refractivity contribution in [3.63, 3.8) is 0 Å². The maximum atomic E-state index is 15.6. The predicted octanol–water partition coefficient (Wildman–Crippen LogP) is 10.4. The Morgan fingerprint density at radius 2 is 1.02 bits per heavy atom. The van der Waals surface area contributed by atoms with Crippen molar-refractivity contribution < 1.29 is 35.8 Å². The summed E-state index contributed by atoms with van der Waals surface area (Å²) < 4.78 is 103. The summed E-state index contributed by atoms with van der Waals surface area (Å²) in [5.41, 5.74) is 0.395. The highest BCUT2D eigenvalue weighted by Crippen LogP contribution is 2.65. The van der Waals surface area contributed by atoms with Crippen LogP contribution in [0.4, 0.5) is 26.3 Å². The standard InChI is InChI=1S/C35H24F6N2O2S2/c1-44-27-9-7-19(13-23(27)25-5-3-11-42-25)29-15-21(17-46-29)31-32(34(38,39)35(40,41)33(31,36)37)22-16-30(47-18-22)20-8-10-28(45-2)24(14-20)26-6-4-12-43-26/h3-4,7-18H,5-6H2,1-2H3. The van der Waals surface area contributed by atoms with Crippen molar-refractivity contribution >= 4 is 45.2 Å². The molecular weight excluding hydrogens is 659 g/mol. The first-order valence-corrected chi connectivity index (χ1v) is 16.1. The van der Waals surface area contributed by atoms with E-state index in [1.807, 2.05) is 12.2 Å². The van der Waals surface area contributed by atoms with Crippen LogP contribution < -0.4 is 9.47 Å². The Balaban J connectivity index is 1.33. The molecule has 0 bridgehead atoms. The second-order valence-corrected chi connectivity index (χ2v) is 12.9. The number of nitrogens with zero attached hydrogens (tertiary/aromatic N) is 2. The molecule has 1 aliphatic carbocycles. The maximum Gasteiger partial charge on any atom is 0.380 e. The van der Waals surface area contributed by atoms with Crippen LogP contribution >= 0.6 is 22.7 Å². The third-order valence-corrected chi connectivity index (χ3v) is 10.3. The summed E-state index contributed by atoms with van der Waals surface area (Å²) in [6.45, 7) is 0. The van der Waals surface area contributed by atoms with Crippen LogP contribution in [0.3, 0.4) is 0 Å². The predicted molar refractivity (Wildman–Crippen MR) is 175 cm³/mol. The van der Waals surface area contributed by atoms with E-state index in [0.29, 0.717) is 56.3 Å². The summed E-state index contributed by atoms with van der Waals surface area (Å²) >= 11 is 1.98. The lowest BCUT2D eigenvalue weighted by Gasteiger charge is -2.25. The number of aliphatic imine (C=N–C) groups is 2. The van der Waals surface area contributed by atoms with Crippen LogP contribution in [0.15, 0.2) is 93.8 Å². The number of alkyl halides is 6. The van der Waals surface area contributed by atoms with Crippen LogP contribution in [-0.4, -0.2) is 43.4 Å². The van der Waals surface area contributed by atoms with Crippen LogP contribution in [0, 0.1) is 0 Å². The molecule has 0 atom stereocenters. The normalized spacial score (nSPS) is 19.0. The van der Waals surface area contributed by atoms with Crippen molar-refractivity contribution in [1.82, 2.24) is 0 Å². The van der Waals surface area contributed by atoms with Gasteiger partial charge in [-0.2, -0.15) is 26.3 Å². The molecule has 4 nitrogen and oxygen atoms in total. The van der Waals surface area contributed by atoms with Gasteiger partial charge in [-0.3, -0.25) is 9.98 Å². The van der Waals surface area contributed by atoms with Crippen molar-refractivity contribution in [2.24, 2.45) is 9.98 Å². The first-order valence-electron chi connectivity index (χ1n) is 14.4. The Morgan fingerprint density at radius 3 is 1.38 bits per heavy atom. The van der Waals surface area contributed by atoms with Gasteiger partial charge in [0.2, 0.25) is 0 Å². The molecule has 0 N–H and O–H groups in total. The average Bonchev–Trinajstić information content (AvgIpc) is 3.91. The van der Waals surface area contributed by atoms with E-state index in [1.54, 1.807) is 48.8 Å². The molecule has 0 saturated heterocycles. The highest BCUT2D eigenvalue weighted by Gasteiger charge is 2.80. The summed E-state index contributed by atoms with van der Waals surface area (Å²) in [7, 11) is 3.01. The zero-order valence-electron chi connectivity index (χ0n) is 24.8. The van der Waals surface area contributed by atoms with E-state index < -0.39 is 40.0 Å². The van der Waals surface area contributed by atoms with E-state index in [-0.39, 0.29) is 0 Å². The molecular formula is C35H24F6N2O2S2. The highest BCUT2D eigenvalue weighted by atomic mass is 32.1. The molecule has 3 aliphatic rings. The minimum absolute atomic E-state index is 0.398. The van der Waals surface area contributed by atoms with Gasteiger partial charge < -0.3 is 9.47 Å². The molecule has 0 saturated carbocycles. The molecule has 240 valence electrons. The van der Waals surface area contributed by atoms with Crippen LogP contribution in [0.1, 0.15) is 35.1 Å². The number of rotatable bonds is 8. The fourth-order valence-corrected chi connectivity index (χ4v) is 7.76. The summed E-state index contributed by atoms with van der Waals surface area (Å²) in [4.78, 5) is 9.54. The van der Waals surface area contributed by atoms with Crippen molar-refractivity contribution in [3.05, 3.63) is 106 Å². The summed E-state index contributed by atoms with van der Waals surface area (Å²) in [6, 6.07) is 12.8. The average molecular weight is 683 g/mol. The number of halogens is 6. The molecule has 7 rings (SSSR count). The third kappa shape index (κ3) is 4.88. The van der Waals surface area contributed by atoms with E-state index in [9.17, 15) is 0 Å². The monoisotopic (exact) mass is 682 g/mol. The van der Waals surface area contributed by atoms with Gasteiger partial charge in [-0.05, 0) is 81.5 Å². The van der Waals surface area contributed by atoms with E-state index in [2.05, 4.69) is 9.98 Å². The second kappa shape index (κ2) is 11.4. The van der Waals surface area contributed by atoms with Crippen molar-refractivity contribution in [1.29, 1.82) is 0 Å². The summed E-state index contributed by atoms with van der Waals surface area (Å²) in [6.07, 6.45) is 8.18. The van der Waals surface area contributed by atoms with Crippen molar-refractivity contribution in [2.45, 2.75) is 30.6 Å². The maximum absolute atomic E-state index is 15.6. The Labute approximate surface area is 273 Å². The lowest BCUT2D eigenvalue weighted by Crippen LogP contribution is -2.48. The number of allylic oxidation sites excluding steroid dienone is 4. The Kier molecular flexibility index (Phi) is 7.55. The lowest BCUT2D eigenvalue weighted by atomic mass is 9.96. The summed E-state index contributed by atoms with van der Waals surface area (Å²) in [5.74, 6) is -14.9. The number of methoxy groups -OCH3 is 2. The first-order chi connectivity index (χ1) is 22.5. The van der Waals surface area contributed by atoms with Gasteiger partial charge in [0, 0.05) is 57.3 Å². The van der Waals surface area contributed by atoms with Crippen LogP contribution in [0.2, 0.25) is 0 Å². The SMILES string of the molecule is COc1ccc(-c2cc(C3=C(c4csc(-c5ccc(OC)c(C6=NC=CC6)c5)c4)C(F)(F)C(F)(F)C3(F)F)cs2)cc1C1=NC=CC1. The van der Waals surface area contributed by atoms with Crippen molar-refractivity contribution in [3.8, 4) is 32.4 Å². The molecule has 0 spiro atoms. The van der Waals surface area contributed by atoms with Gasteiger partial charge >= 0.3 is 17.8 Å². The minimum atomic E-state index is -5.66. The molecule has 0 radical (unpaired) electrons. The fraction of sp³-hybridized carbons (Fsp3) is 0.200. The topological polar surface area (TPSA) is 43.2 Å². The fourth-order valence-electron chi connectivity index (χ4n) is 5.97. The number of thiophene rings is 2. The molecule has 0 fully saturated rings. The van der Waals surface area contributed by atoms with Gasteiger partial charge in [0.05, 0.1) is 25.6 Å². The Morgan fingerprint density at radius 1 is 0.596 bits per heavy atom. The molecule has 12 heteroatoms. The minimum Gasteiger partial charge on any atom is -0.496 e. The Bertz CT molecular complexity index is 1920. The third-order valence-electron chi connectivity index (χ3n) is 8.33. The number of hydrogen-bond acceptors (Lipinski definition) is 6. The summed E-state index contributed by atoms with van der Waals surface area (Å²) in [5, 5.41) is 2.43. The van der Waals surface area contributed by atoms with Crippen LogP contribution in [0.5, 0.6) is 11.5 Å². The van der Waals surface area contributed by atoms with E-state index in [4.69, 9.17) is 9.47 Å². The van der Waals surface area contributed by atoms with Gasteiger partial charge in [0.15, 0.2) is 0 Å². The van der Waals surface area contributed by atoms with Gasteiger partial charge in [-0.25, -0.2) is 0 Å². The van der Waals surface area contributed by atoms with Crippen LogP contribution in [0.25, 0.3) is 32.0 Å². The lowest BCUT2D eigenvalue weighted by molar-refractivity contribution is -0.254. The smallest absolute Gasteiger partial charge is 0.380 e. The molecule has 4 heterocycles. The van der Waals surface area contributed by atoms with Crippen LogP contribution in [-0.2, 0) is 0 Å². The molecule has 0 unspecified atom stereocenters. The van der Waals surface area contributed by atoms with Gasteiger partial charge in [0.1, 0.15) is 11.5 Å². The molecule has 2 aliphatic heterocycles. The van der Waals surface area contributed by atoms with Gasteiger partial charge in [-0.15, -0.1) is 22.7 Å². The van der Waals surface area contributed by atoms with Gasteiger partial charge in [-0.1, -0.05) is 12.2 Å². The number of hydrogen-bond donors (Lipinski definition) is 0. The molecule has 4 aromatic rings. The molecule has 0 amide bonds. The molecule has 47 heavy (non-hydrogen) atoms. The van der Waals surface area contributed by atoms with E-state index in [1.165, 1.54) is 37.1 Å². The quantitative estimate of drug-likeness (QED) is 0.174. The highest BCUT2D eigenvalue weighted by molar-refractivity contribution is 7.14. The number of ether oxygens (including phenoxy) is 2.